The highest BCUT2D eigenvalue weighted by molar-refractivity contribution is 6.38. The van der Waals surface area contributed by atoms with Gasteiger partial charge in [0, 0.05) is 36.2 Å². The Hall–Kier alpha value is -1.65. The van der Waals surface area contributed by atoms with E-state index in [0.717, 1.165) is 35.9 Å². The van der Waals surface area contributed by atoms with Crippen LogP contribution in [0.15, 0.2) is 30.5 Å². The molecule has 0 unspecified atom stereocenters. The number of amides is 2. The molecular weight excluding hydrogens is 321 g/mol. The van der Waals surface area contributed by atoms with Crippen LogP contribution < -0.4 is 5.32 Å². The number of urea groups is 1. The van der Waals surface area contributed by atoms with E-state index in [1.54, 1.807) is 6.07 Å². The number of hydrogen-bond acceptors (Lipinski definition) is 1. The molecule has 1 aromatic heterocycles. The van der Waals surface area contributed by atoms with Crippen LogP contribution >= 0.6 is 23.2 Å². The van der Waals surface area contributed by atoms with Crippen LogP contribution in [0.4, 0.5) is 4.79 Å². The average molecular weight is 338 g/mol. The molecule has 2 heterocycles. The number of aromatic nitrogens is 1. The summed E-state index contributed by atoms with van der Waals surface area (Å²) < 4.78 is 0. The number of fused-ring (bicyclic) bond motifs is 1. The molecule has 0 aliphatic carbocycles. The molecule has 0 atom stereocenters. The summed E-state index contributed by atoms with van der Waals surface area (Å²) >= 11 is 12.2. The second-order valence-electron chi connectivity index (χ2n) is 5.31. The number of hydrogen-bond donors (Lipinski definition) is 2. The van der Waals surface area contributed by atoms with Gasteiger partial charge in [-0.1, -0.05) is 35.4 Å². The first-order valence-corrected chi connectivity index (χ1v) is 8.03. The summed E-state index contributed by atoms with van der Waals surface area (Å²) in [6, 6.07) is 3.60. The lowest BCUT2D eigenvalue weighted by molar-refractivity contribution is 0.202. The topological polar surface area (TPSA) is 48.1 Å². The zero-order valence-electron chi connectivity index (χ0n) is 12.0. The molecule has 2 aromatic rings. The van der Waals surface area contributed by atoms with E-state index in [1.165, 1.54) is 0 Å². The lowest BCUT2D eigenvalue weighted by Gasteiger charge is -2.23. The van der Waals surface area contributed by atoms with Gasteiger partial charge in [-0.15, -0.1) is 0 Å². The van der Waals surface area contributed by atoms with E-state index in [0.29, 0.717) is 23.1 Å². The number of aromatic amines is 1. The van der Waals surface area contributed by atoms with Crippen molar-refractivity contribution in [1.29, 1.82) is 0 Å². The summed E-state index contributed by atoms with van der Waals surface area (Å²) in [4.78, 5) is 17.0. The van der Waals surface area contributed by atoms with Crippen molar-refractivity contribution in [2.24, 2.45) is 0 Å². The van der Waals surface area contributed by atoms with Crippen LogP contribution in [-0.4, -0.2) is 35.5 Å². The molecule has 0 bridgehead atoms. The van der Waals surface area contributed by atoms with E-state index >= 15 is 0 Å². The van der Waals surface area contributed by atoms with Gasteiger partial charge in [0.1, 0.15) is 0 Å². The Bertz CT molecular complexity index is 723. The molecule has 3 rings (SSSR count). The third-order valence-corrected chi connectivity index (χ3v) is 4.32. The Morgan fingerprint density at radius 1 is 1.32 bits per heavy atom. The van der Waals surface area contributed by atoms with Crippen molar-refractivity contribution in [3.8, 4) is 0 Å². The van der Waals surface area contributed by atoms with Gasteiger partial charge in [-0.25, -0.2) is 4.79 Å². The van der Waals surface area contributed by atoms with Crippen molar-refractivity contribution in [2.45, 2.75) is 12.8 Å². The molecule has 4 nitrogen and oxygen atoms in total. The van der Waals surface area contributed by atoms with Crippen molar-refractivity contribution in [1.82, 2.24) is 15.2 Å². The van der Waals surface area contributed by atoms with E-state index in [-0.39, 0.29) is 6.03 Å². The Morgan fingerprint density at radius 3 is 2.95 bits per heavy atom. The Morgan fingerprint density at radius 2 is 2.18 bits per heavy atom. The maximum absolute atomic E-state index is 12.0. The van der Waals surface area contributed by atoms with Crippen LogP contribution in [0.25, 0.3) is 10.9 Å². The van der Waals surface area contributed by atoms with E-state index in [9.17, 15) is 4.79 Å². The van der Waals surface area contributed by atoms with Gasteiger partial charge < -0.3 is 15.2 Å². The average Bonchev–Trinajstić information content (AvgIpc) is 2.91. The lowest BCUT2D eigenvalue weighted by Crippen LogP contribution is -2.42. The maximum Gasteiger partial charge on any atom is 0.317 e. The molecule has 2 N–H and O–H groups in total. The van der Waals surface area contributed by atoms with Crippen LogP contribution in [0, 0.1) is 0 Å². The number of halogens is 2. The summed E-state index contributed by atoms with van der Waals surface area (Å²) in [6.45, 7) is 2.04. The SMILES string of the molecule is O=C(NCCc1c[nH]c2c(Cl)cc(Cl)cc12)N1CC=CCC1. The quantitative estimate of drug-likeness (QED) is 0.817. The number of carbonyl (C=O) groups is 1. The minimum absolute atomic E-state index is 0.0137. The maximum atomic E-state index is 12.0. The Balaban J connectivity index is 1.62. The van der Waals surface area contributed by atoms with Crippen LogP contribution in [0.2, 0.25) is 10.0 Å². The van der Waals surface area contributed by atoms with E-state index in [2.05, 4.69) is 16.4 Å². The molecular formula is C16H17Cl2N3O. The molecule has 1 aliphatic heterocycles. The van der Waals surface area contributed by atoms with Gasteiger partial charge >= 0.3 is 6.03 Å². The predicted molar refractivity (Wildman–Crippen MR) is 90.8 cm³/mol. The normalized spacial score (nSPS) is 14.5. The van der Waals surface area contributed by atoms with Crippen molar-refractivity contribution in [3.63, 3.8) is 0 Å². The van der Waals surface area contributed by atoms with E-state index in [1.807, 2.05) is 23.2 Å². The molecule has 0 fully saturated rings. The second kappa shape index (κ2) is 6.63. The summed E-state index contributed by atoms with van der Waals surface area (Å²) in [5.41, 5.74) is 1.98. The van der Waals surface area contributed by atoms with Crippen LogP contribution in [0.3, 0.4) is 0 Å². The monoisotopic (exact) mass is 337 g/mol. The summed E-state index contributed by atoms with van der Waals surface area (Å²) in [6.07, 6.45) is 7.69. The zero-order valence-corrected chi connectivity index (χ0v) is 13.5. The predicted octanol–water partition coefficient (Wildman–Crippen LogP) is 3.99. The van der Waals surface area contributed by atoms with Gasteiger partial charge in [0.25, 0.3) is 0 Å². The van der Waals surface area contributed by atoms with Crippen molar-refractivity contribution < 1.29 is 4.79 Å². The van der Waals surface area contributed by atoms with Crippen LogP contribution in [-0.2, 0) is 6.42 Å². The minimum Gasteiger partial charge on any atom is -0.360 e. The van der Waals surface area contributed by atoms with E-state index in [4.69, 9.17) is 23.2 Å². The number of rotatable bonds is 3. The first kappa shape index (κ1) is 15.3. The number of nitrogens with zero attached hydrogens (tertiary/aromatic N) is 1. The Labute approximate surface area is 139 Å². The first-order valence-electron chi connectivity index (χ1n) is 7.28. The lowest BCUT2D eigenvalue weighted by atomic mass is 10.1. The minimum atomic E-state index is -0.0137. The van der Waals surface area contributed by atoms with Crippen molar-refractivity contribution >= 4 is 40.1 Å². The first-order chi connectivity index (χ1) is 10.6. The molecule has 0 radical (unpaired) electrons. The van der Waals surface area contributed by atoms with Crippen LogP contribution in [0.1, 0.15) is 12.0 Å². The fraction of sp³-hybridized carbons (Fsp3) is 0.312. The molecule has 6 heteroatoms. The molecule has 22 heavy (non-hydrogen) atoms. The van der Waals surface area contributed by atoms with Gasteiger partial charge in [0.05, 0.1) is 10.5 Å². The van der Waals surface area contributed by atoms with Crippen LogP contribution in [0.5, 0.6) is 0 Å². The largest absolute Gasteiger partial charge is 0.360 e. The summed E-state index contributed by atoms with van der Waals surface area (Å²) in [5, 5.41) is 5.19. The second-order valence-corrected chi connectivity index (χ2v) is 6.16. The third-order valence-electron chi connectivity index (χ3n) is 3.81. The summed E-state index contributed by atoms with van der Waals surface area (Å²) in [5.74, 6) is 0. The van der Waals surface area contributed by atoms with Gasteiger partial charge in [-0.2, -0.15) is 0 Å². The molecule has 0 saturated carbocycles. The number of benzene rings is 1. The summed E-state index contributed by atoms with van der Waals surface area (Å²) in [7, 11) is 0. The number of nitrogens with one attached hydrogen (secondary N) is 2. The fourth-order valence-corrected chi connectivity index (χ4v) is 3.21. The number of carbonyl (C=O) groups excluding carboxylic acids is 1. The standard InChI is InChI=1S/C16H17Cl2N3O/c17-12-8-13-11(10-20-15(13)14(18)9-12)4-5-19-16(22)21-6-2-1-3-7-21/h1-2,8-10,20H,3-7H2,(H,19,22). The Kier molecular flexibility index (Phi) is 4.60. The van der Waals surface area contributed by atoms with E-state index < -0.39 is 0 Å². The fourth-order valence-electron chi connectivity index (χ4n) is 2.66. The highest BCUT2D eigenvalue weighted by Crippen LogP contribution is 2.29. The molecule has 116 valence electrons. The third kappa shape index (κ3) is 3.23. The highest BCUT2D eigenvalue weighted by atomic mass is 35.5. The van der Waals surface area contributed by atoms with Crippen molar-refractivity contribution in [3.05, 3.63) is 46.1 Å². The van der Waals surface area contributed by atoms with Gasteiger partial charge in [0.15, 0.2) is 0 Å². The molecule has 1 aliphatic rings. The van der Waals surface area contributed by atoms with Gasteiger partial charge in [-0.05, 0) is 30.5 Å². The smallest absolute Gasteiger partial charge is 0.317 e. The van der Waals surface area contributed by atoms with Crippen molar-refractivity contribution in [2.75, 3.05) is 19.6 Å². The molecule has 2 amide bonds. The molecule has 0 saturated heterocycles. The molecule has 1 aromatic carbocycles. The number of H-pyrrole nitrogens is 1. The van der Waals surface area contributed by atoms with Gasteiger partial charge in [-0.3, -0.25) is 0 Å². The molecule has 0 spiro atoms. The zero-order chi connectivity index (χ0) is 15.5. The van der Waals surface area contributed by atoms with Gasteiger partial charge in [0.2, 0.25) is 0 Å². The highest BCUT2D eigenvalue weighted by Gasteiger charge is 2.13.